The van der Waals surface area contributed by atoms with E-state index in [1.165, 1.54) is 0 Å². The highest BCUT2D eigenvalue weighted by atomic mass is 16.3. The minimum Gasteiger partial charge on any atom is -0.449 e. The minimum atomic E-state index is 0.803. The second kappa shape index (κ2) is 4.60. The van der Waals surface area contributed by atoms with Gasteiger partial charge < -0.3 is 8.83 Å². The van der Waals surface area contributed by atoms with Crippen LogP contribution in [0.2, 0.25) is 0 Å². The lowest BCUT2D eigenvalue weighted by Crippen LogP contribution is -1.89. The Kier molecular flexibility index (Phi) is 2.95. The van der Waals surface area contributed by atoms with Crippen molar-refractivity contribution in [2.24, 2.45) is 0 Å². The van der Waals surface area contributed by atoms with Gasteiger partial charge in [-0.3, -0.25) is 0 Å². The van der Waals surface area contributed by atoms with E-state index in [1.54, 1.807) is 24.9 Å². The van der Waals surface area contributed by atoms with E-state index in [-0.39, 0.29) is 0 Å². The van der Waals surface area contributed by atoms with E-state index in [4.69, 9.17) is 8.83 Å². The SMILES string of the molecule is c1coc(CCCCc2ncco2)n1. The van der Waals surface area contributed by atoms with Gasteiger partial charge in [0.05, 0.1) is 12.4 Å². The fourth-order valence-electron chi connectivity index (χ4n) is 1.31. The summed E-state index contributed by atoms with van der Waals surface area (Å²) in [5, 5.41) is 0. The lowest BCUT2D eigenvalue weighted by Gasteiger charge is -1.94. The molecule has 2 rings (SSSR count). The predicted molar refractivity (Wildman–Crippen MR) is 49.6 cm³/mol. The highest BCUT2D eigenvalue weighted by molar-refractivity contribution is 4.82. The van der Waals surface area contributed by atoms with Crippen molar-refractivity contribution in [1.29, 1.82) is 0 Å². The van der Waals surface area contributed by atoms with Crippen molar-refractivity contribution >= 4 is 0 Å². The largest absolute Gasteiger partial charge is 0.449 e. The molecular formula is C10H12N2O2. The van der Waals surface area contributed by atoms with E-state index in [0.717, 1.165) is 37.5 Å². The Labute approximate surface area is 82.0 Å². The molecule has 0 aromatic carbocycles. The molecule has 0 saturated carbocycles. The Morgan fingerprint density at radius 3 is 1.71 bits per heavy atom. The molecule has 2 aromatic rings. The summed E-state index contributed by atoms with van der Waals surface area (Å²) in [6.45, 7) is 0. The summed E-state index contributed by atoms with van der Waals surface area (Å²) in [4.78, 5) is 8.09. The van der Waals surface area contributed by atoms with Crippen LogP contribution in [0.25, 0.3) is 0 Å². The molecule has 0 saturated heterocycles. The molecule has 0 N–H and O–H groups in total. The predicted octanol–water partition coefficient (Wildman–Crippen LogP) is 2.23. The zero-order valence-electron chi connectivity index (χ0n) is 7.85. The maximum Gasteiger partial charge on any atom is 0.193 e. The van der Waals surface area contributed by atoms with Crippen molar-refractivity contribution in [2.75, 3.05) is 0 Å². The second-order valence-electron chi connectivity index (χ2n) is 3.06. The zero-order chi connectivity index (χ0) is 9.64. The fourth-order valence-corrected chi connectivity index (χ4v) is 1.31. The molecule has 0 bridgehead atoms. The summed E-state index contributed by atoms with van der Waals surface area (Å²) in [6, 6.07) is 0. The number of hydrogen-bond acceptors (Lipinski definition) is 4. The van der Waals surface area contributed by atoms with Gasteiger partial charge in [-0.1, -0.05) is 0 Å². The highest BCUT2D eigenvalue weighted by Crippen LogP contribution is 2.06. The quantitative estimate of drug-likeness (QED) is 0.681. The molecule has 0 atom stereocenters. The average molecular weight is 192 g/mol. The standard InChI is InChI=1S/C10H12N2O2/c1(3-9-11-5-7-13-9)2-4-10-12-6-8-14-10/h5-8H,1-4H2. The van der Waals surface area contributed by atoms with Gasteiger partial charge in [-0.15, -0.1) is 0 Å². The summed E-state index contributed by atoms with van der Waals surface area (Å²) >= 11 is 0. The lowest BCUT2D eigenvalue weighted by atomic mass is 10.2. The van der Waals surface area contributed by atoms with Crippen molar-refractivity contribution in [2.45, 2.75) is 25.7 Å². The van der Waals surface area contributed by atoms with Crippen LogP contribution in [0, 0.1) is 0 Å². The lowest BCUT2D eigenvalue weighted by molar-refractivity contribution is 0.462. The summed E-state index contributed by atoms with van der Waals surface area (Å²) in [6.07, 6.45) is 10.4. The van der Waals surface area contributed by atoms with Crippen LogP contribution in [-0.4, -0.2) is 9.97 Å². The number of unbranched alkanes of at least 4 members (excludes halogenated alkanes) is 1. The molecule has 0 unspecified atom stereocenters. The third-order valence-electron chi connectivity index (χ3n) is 2.00. The second-order valence-corrected chi connectivity index (χ2v) is 3.06. The molecule has 0 amide bonds. The van der Waals surface area contributed by atoms with Crippen molar-refractivity contribution < 1.29 is 8.83 Å². The van der Waals surface area contributed by atoms with E-state index in [0.29, 0.717) is 0 Å². The Morgan fingerprint density at radius 2 is 1.36 bits per heavy atom. The number of hydrogen-bond donors (Lipinski definition) is 0. The number of rotatable bonds is 5. The van der Waals surface area contributed by atoms with Gasteiger partial charge in [0.2, 0.25) is 0 Å². The van der Waals surface area contributed by atoms with Crippen LogP contribution in [0.1, 0.15) is 24.6 Å². The Hall–Kier alpha value is -1.58. The molecule has 2 aromatic heterocycles. The normalized spacial score (nSPS) is 10.6. The maximum atomic E-state index is 5.12. The summed E-state index contributed by atoms with van der Waals surface area (Å²) in [7, 11) is 0. The van der Waals surface area contributed by atoms with E-state index < -0.39 is 0 Å². The molecule has 0 radical (unpaired) electrons. The van der Waals surface area contributed by atoms with Gasteiger partial charge in [-0.05, 0) is 12.8 Å². The molecule has 2 heterocycles. The summed E-state index contributed by atoms with van der Waals surface area (Å²) in [5.74, 6) is 1.61. The molecule has 0 aliphatic carbocycles. The topological polar surface area (TPSA) is 52.1 Å². The van der Waals surface area contributed by atoms with Crippen LogP contribution in [0.5, 0.6) is 0 Å². The van der Waals surface area contributed by atoms with E-state index in [2.05, 4.69) is 9.97 Å². The van der Waals surface area contributed by atoms with Crippen molar-refractivity contribution in [3.8, 4) is 0 Å². The van der Waals surface area contributed by atoms with Crippen LogP contribution in [0.3, 0.4) is 0 Å². The number of aryl methyl sites for hydroxylation is 2. The van der Waals surface area contributed by atoms with E-state index in [1.807, 2.05) is 0 Å². The first-order valence-electron chi connectivity index (χ1n) is 4.72. The first-order valence-corrected chi connectivity index (χ1v) is 4.72. The molecular weight excluding hydrogens is 180 g/mol. The van der Waals surface area contributed by atoms with Gasteiger partial charge in [0.15, 0.2) is 11.8 Å². The number of nitrogens with zero attached hydrogens (tertiary/aromatic N) is 2. The monoisotopic (exact) mass is 192 g/mol. The molecule has 4 heteroatoms. The van der Waals surface area contributed by atoms with Crippen LogP contribution in [0.15, 0.2) is 33.8 Å². The molecule has 4 nitrogen and oxygen atoms in total. The van der Waals surface area contributed by atoms with Gasteiger partial charge in [-0.25, -0.2) is 9.97 Å². The van der Waals surface area contributed by atoms with Crippen molar-refractivity contribution in [1.82, 2.24) is 9.97 Å². The molecule has 0 fully saturated rings. The van der Waals surface area contributed by atoms with Crippen LogP contribution < -0.4 is 0 Å². The summed E-state index contributed by atoms with van der Waals surface area (Å²) < 4.78 is 10.2. The highest BCUT2D eigenvalue weighted by Gasteiger charge is 2.00. The van der Waals surface area contributed by atoms with Crippen molar-refractivity contribution in [3.05, 3.63) is 36.7 Å². The molecule has 0 spiro atoms. The molecule has 14 heavy (non-hydrogen) atoms. The van der Waals surface area contributed by atoms with Gasteiger partial charge >= 0.3 is 0 Å². The third-order valence-corrected chi connectivity index (χ3v) is 2.00. The van der Waals surface area contributed by atoms with Gasteiger partial charge in [0.25, 0.3) is 0 Å². The maximum absolute atomic E-state index is 5.12. The summed E-state index contributed by atoms with van der Waals surface area (Å²) in [5.41, 5.74) is 0. The zero-order valence-corrected chi connectivity index (χ0v) is 7.85. The van der Waals surface area contributed by atoms with Crippen LogP contribution in [0.4, 0.5) is 0 Å². The fraction of sp³-hybridized carbons (Fsp3) is 0.400. The van der Waals surface area contributed by atoms with Gasteiger partial charge in [0.1, 0.15) is 12.5 Å². The Morgan fingerprint density at radius 1 is 0.857 bits per heavy atom. The van der Waals surface area contributed by atoms with Gasteiger partial charge in [0, 0.05) is 12.8 Å². The van der Waals surface area contributed by atoms with Gasteiger partial charge in [-0.2, -0.15) is 0 Å². The average Bonchev–Trinajstić information content (AvgIpc) is 2.86. The van der Waals surface area contributed by atoms with Crippen LogP contribution in [-0.2, 0) is 12.8 Å². The minimum absolute atomic E-state index is 0.803. The molecule has 0 aliphatic heterocycles. The van der Waals surface area contributed by atoms with Crippen LogP contribution >= 0.6 is 0 Å². The van der Waals surface area contributed by atoms with E-state index >= 15 is 0 Å². The Balaban J connectivity index is 1.65. The third kappa shape index (κ3) is 2.45. The van der Waals surface area contributed by atoms with Crippen molar-refractivity contribution in [3.63, 3.8) is 0 Å². The number of oxazole rings is 2. The molecule has 0 aliphatic rings. The van der Waals surface area contributed by atoms with E-state index in [9.17, 15) is 0 Å². The first kappa shape index (κ1) is 8.99. The number of aromatic nitrogens is 2. The Bertz CT molecular complexity index is 304. The smallest absolute Gasteiger partial charge is 0.193 e. The first-order chi connectivity index (χ1) is 6.95. The molecule has 74 valence electrons.